The van der Waals surface area contributed by atoms with Crippen molar-refractivity contribution in [1.82, 2.24) is 5.43 Å². The number of benzene rings is 1. The minimum Gasteiger partial charge on any atom is -0.483 e. The van der Waals surface area contributed by atoms with Crippen LogP contribution in [0.1, 0.15) is 19.4 Å². The van der Waals surface area contributed by atoms with Gasteiger partial charge in [0.05, 0.1) is 0 Å². The zero-order valence-corrected chi connectivity index (χ0v) is 11.5. The molecule has 18 heavy (non-hydrogen) atoms. The van der Waals surface area contributed by atoms with Crippen LogP contribution in [0.3, 0.4) is 0 Å². The molecular weight excluding hydrogens is 252 g/mol. The number of rotatable bonds is 5. The highest BCUT2D eigenvalue weighted by Gasteiger charge is 2.04. The summed E-state index contributed by atoms with van der Waals surface area (Å²) in [6.07, 6.45) is 1.66. The normalized spacial score (nSPS) is 10.9. The summed E-state index contributed by atoms with van der Waals surface area (Å²) in [6, 6.07) is 5.24. The Morgan fingerprint density at radius 2 is 2.28 bits per heavy atom. The van der Waals surface area contributed by atoms with Crippen LogP contribution in [0.25, 0.3) is 0 Å². The van der Waals surface area contributed by atoms with E-state index in [1.54, 1.807) is 24.4 Å². The largest absolute Gasteiger partial charge is 0.483 e. The lowest BCUT2D eigenvalue weighted by Crippen LogP contribution is -2.25. The molecular formula is C13H17ClN2O2. The molecule has 1 amide bonds. The second-order valence-corrected chi connectivity index (χ2v) is 4.69. The first-order valence-electron chi connectivity index (χ1n) is 5.70. The second kappa shape index (κ2) is 7.01. The third-order valence-electron chi connectivity index (χ3n) is 2.06. The van der Waals surface area contributed by atoms with E-state index in [9.17, 15) is 4.79 Å². The van der Waals surface area contributed by atoms with E-state index in [1.165, 1.54) is 0 Å². The van der Waals surface area contributed by atoms with Crippen LogP contribution in [0.2, 0.25) is 5.02 Å². The third kappa shape index (κ3) is 5.19. The van der Waals surface area contributed by atoms with Crippen LogP contribution in [0.15, 0.2) is 23.3 Å². The van der Waals surface area contributed by atoms with Gasteiger partial charge in [-0.3, -0.25) is 4.79 Å². The van der Waals surface area contributed by atoms with Gasteiger partial charge in [-0.25, -0.2) is 5.43 Å². The van der Waals surface area contributed by atoms with E-state index in [-0.39, 0.29) is 12.5 Å². The molecule has 0 bridgehead atoms. The van der Waals surface area contributed by atoms with Crippen LogP contribution in [-0.4, -0.2) is 18.7 Å². The maximum absolute atomic E-state index is 11.4. The average molecular weight is 269 g/mol. The number of halogens is 1. The highest BCUT2D eigenvalue weighted by atomic mass is 35.5. The van der Waals surface area contributed by atoms with Gasteiger partial charge in [-0.1, -0.05) is 25.4 Å². The quantitative estimate of drug-likeness (QED) is 0.659. The topological polar surface area (TPSA) is 50.7 Å². The highest BCUT2D eigenvalue weighted by Crippen LogP contribution is 2.21. The van der Waals surface area contributed by atoms with Gasteiger partial charge in [0.25, 0.3) is 5.91 Å². The lowest BCUT2D eigenvalue weighted by atomic mass is 10.2. The SMILES string of the molecule is Cc1cc(Cl)ccc1OCC(=O)NN=CC(C)C. The van der Waals surface area contributed by atoms with E-state index in [0.717, 1.165) is 5.56 Å². The Labute approximate surface area is 112 Å². The summed E-state index contributed by atoms with van der Waals surface area (Å²) in [6.45, 7) is 5.75. The molecule has 0 radical (unpaired) electrons. The minimum absolute atomic E-state index is 0.0715. The molecule has 0 aromatic heterocycles. The third-order valence-corrected chi connectivity index (χ3v) is 2.29. The van der Waals surface area contributed by atoms with E-state index < -0.39 is 0 Å². The fourth-order valence-corrected chi connectivity index (χ4v) is 1.44. The van der Waals surface area contributed by atoms with Gasteiger partial charge >= 0.3 is 0 Å². The molecule has 0 saturated carbocycles. The summed E-state index contributed by atoms with van der Waals surface area (Å²) >= 11 is 5.82. The summed E-state index contributed by atoms with van der Waals surface area (Å²) in [7, 11) is 0. The Kier molecular flexibility index (Phi) is 5.65. The molecule has 0 spiro atoms. The van der Waals surface area contributed by atoms with E-state index in [0.29, 0.717) is 16.7 Å². The summed E-state index contributed by atoms with van der Waals surface area (Å²) in [5, 5.41) is 4.44. The molecule has 0 aliphatic rings. The number of amides is 1. The number of aryl methyl sites for hydroxylation is 1. The molecule has 1 N–H and O–H groups in total. The minimum atomic E-state index is -0.291. The molecule has 1 aromatic rings. The molecule has 1 rings (SSSR count). The van der Waals surface area contributed by atoms with Crippen LogP contribution in [0.4, 0.5) is 0 Å². The van der Waals surface area contributed by atoms with Gasteiger partial charge in [-0.05, 0) is 36.6 Å². The molecule has 0 aliphatic carbocycles. The van der Waals surface area contributed by atoms with Crippen molar-refractivity contribution in [3.8, 4) is 5.75 Å². The zero-order valence-electron chi connectivity index (χ0n) is 10.7. The highest BCUT2D eigenvalue weighted by molar-refractivity contribution is 6.30. The van der Waals surface area contributed by atoms with E-state index in [2.05, 4.69) is 10.5 Å². The van der Waals surface area contributed by atoms with E-state index in [1.807, 2.05) is 20.8 Å². The summed E-state index contributed by atoms with van der Waals surface area (Å²) in [4.78, 5) is 11.4. The Balaban J connectivity index is 2.43. The maximum atomic E-state index is 11.4. The first kappa shape index (κ1) is 14.5. The van der Waals surface area contributed by atoms with Gasteiger partial charge in [-0.15, -0.1) is 0 Å². The zero-order chi connectivity index (χ0) is 13.5. The molecule has 0 unspecified atom stereocenters. The van der Waals surface area contributed by atoms with Crippen molar-refractivity contribution in [1.29, 1.82) is 0 Å². The Hall–Kier alpha value is -1.55. The van der Waals surface area contributed by atoms with Gasteiger partial charge < -0.3 is 4.74 Å². The van der Waals surface area contributed by atoms with Crippen molar-refractivity contribution in [2.75, 3.05) is 6.61 Å². The van der Waals surface area contributed by atoms with Crippen LogP contribution < -0.4 is 10.2 Å². The predicted octanol–water partition coefficient (Wildman–Crippen LogP) is 2.79. The van der Waals surface area contributed by atoms with Crippen LogP contribution >= 0.6 is 11.6 Å². The Morgan fingerprint density at radius 1 is 1.56 bits per heavy atom. The van der Waals surface area contributed by atoms with Gasteiger partial charge in [0.2, 0.25) is 0 Å². The summed E-state index contributed by atoms with van der Waals surface area (Å²) < 4.78 is 5.37. The van der Waals surface area contributed by atoms with Gasteiger partial charge in [-0.2, -0.15) is 5.10 Å². The van der Waals surface area contributed by atoms with Crippen molar-refractivity contribution in [3.05, 3.63) is 28.8 Å². The monoisotopic (exact) mass is 268 g/mol. The molecule has 4 nitrogen and oxygen atoms in total. The van der Waals surface area contributed by atoms with Crippen molar-refractivity contribution in [2.24, 2.45) is 11.0 Å². The van der Waals surface area contributed by atoms with Crippen molar-refractivity contribution >= 4 is 23.7 Å². The molecule has 0 atom stereocenters. The first-order valence-corrected chi connectivity index (χ1v) is 6.08. The molecule has 0 fully saturated rings. The Bertz CT molecular complexity index is 445. The molecule has 0 saturated heterocycles. The summed E-state index contributed by atoms with van der Waals surface area (Å²) in [5.41, 5.74) is 3.28. The van der Waals surface area contributed by atoms with Crippen LogP contribution in [0, 0.1) is 12.8 Å². The lowest BCUT2D eigenvalue weighted by molar-refractivity contribution is -0.123. The van der Waals surface area contributed by atoms with Crippen LogP contribution in [-0.2, 0) is 4.79 Å². The standard InChI is InChI=1S/C13H17ClN2O2/c1-9(2)7-15-16-13(17)8-18-12-5-4-11(14)6-10(12)3/h4-7,9H,8H2,1-3H3,(H,16,17). The number of nitrogens with zero attached hydrogens (tertiary/aromatic N) is 1. The molecule has 0 aliphatic heterocycles. The maximum Gasteiger partial charge on any atom is 0.277 e. The number of hydrazone groups is 1. The average Bonchev–Trinajstić information content (AvgIpc) is 2.27. The van der Waals surface area contributed by atoms with Gasteiger partial charge in [0.1, 0.15) is 5.75 Å². The molecule has 98 valence electrons. The number of nitrogens with one attached hydrogen (secondary N) is 1. The molecule has 5 heteroatoms. The Morgan fingerprint density at radius 3 is 2.89 bits per heavy atom. The number of hydrogen-bond acceptors (Lipinski definition) is 3. The fraction of sp³-hybridized carbons (Fsp3) is 0.385. The molecule has 0 heterocycles. The summed E-state index contributed by atoms with van der Waals surface area (Å²) in [5.74, 6) is 0.647. The van der Waals surface area contributed by atoms with Gasteiger partial charge in [0, 0.05) is 11.2 Å². The first-order chi connectivity index (χ1) is 8.49. The number of carbonyl (C=O) groups excluding carboxylic acids is 1. The smallest absolute Gasteiger partial charge is 0.277 e. The fourth-order valence-electron chi connectivity index (χ4n) is 1.21. The number of carbonyl (C=O) groups is 1. The van der Waals surface area contributed by atoms with Crippen molar-refractivity contribution < 1.29 is 9.53 Å². The van der Waals surface area contributed by atoms with E-state index in [4.69, 9.17) is 16.3 Å². The van der Waals surface area contributed by atoms with Gasteiger partial charge in [0.15, 0.2) is 6.61 Å². The van der Waals surface area contributed by atoms with E-state index >= 15 is 0 Å². The lowest BCUT2D eigenvalue weighted by Gasteiger charge is -2.08. The van der Waals surface area contributed by atoms with Crippen molar-refractivity contribution in [2.45, 2.75) is 20.8 Å². The van der Waals surface area contributed by atoms with Crippen molar-refractivity contribution in [3.63, 3.8) is 0 Å². The molecule has 1 aromatic carbocycles. The predicted molar refractivity (Wildman–Crippen MR) is 73.2 cm³/mol. The number of ether oxygens (including phenoxy) is 1. The number of hydrogen-bond donors (Lipinski definition) is 1. The van der Waals surface area contributed by atoms with Crippen LogP contribution in [0.5, 0.6) is 5.75 Å². The second-order valence-electron chi connectivity index (χ2n) is 4.26.